The number of urea groups is 1. The molecule has 4 saturated carbocycles. The Kier molecular flexibility index (Phi) is 5.55. The minimum absolute atomic E-state index is 0.0445. The number of esters is 1. The quantitative estimate of drug-likeness (QED) is 0.401. The number of hydrogen-bond donors (Lipinski definition) is 2. The van der Waals surface area contributed by atoms with Crippen LogP contribution >= 0.6 is 0 Å². The summed E-state index contributed by atoms with van der Waals surface area (Å²) in [4.78, 5) is 46.8. The molecule has 4 aliphatic rings. The lowest BCUT2D eigenvalue weighted by atomic mass is 9.53. The highest BCUT2D eigenvalue weighted by Crippen LogP contribution is 2.55. The topological polar surface area (TPSA) is 137 Å². The standard InChI is InChI=1S/C21H25N3O7/c1-30-19(26)15-2-3-16(24(28)29)17(7-15)31-11-18(25)22-20(27)23-21-8-12-4-13(9-21)6-14(5-12)10-21/h2-3,7,12-14H,4-6,8-11H2,1H3,(H2,22,23,25,27). The molecule has 5 rings (SSSR count). The van der Waals surface area contributed by atoms with Gasteiger partial charge in [0.1, 0.15) is 0 Å². The van der Waals surface area contributed by atoms with E-state index in [1.165, 1.54) is 32.4 Å². The highest BCUT2D eigenvalue weighted by Gasteiger charge is 2.51. The molecule has 4 fully saturated rings. The van der Waals surface area contributed by atoms with E-state index in [0.717, 1.165) is 31.4 Å². The van der Waals surface area contributed by atoms with Crippen LogP contribution in [0.3, 0.4) is 0 Å². The number of carbonyl (C=O) groups is 3. The Morgan fingerprint density at radius 3 is 2.29 bits per heavy atom. The molecule has 10 heteroatoms. The summed E-state index contributed by atoms with van der Waals surface area (Å²) in [5.74, 6) is 0.248. The Balaban J connectivity index is 1.34. The largest absolute Gasteiger partial charge is 0.477 e. The van der Waals surface area contributed by atoms with Crippen LogP contribution in [0.2, 0.25) is 0 Å². The lowest BCUT2D eigenvalue weighted by Crippen LogP contribution is -2.62. The monoisotopic (exact) mass is 431 g/mol. The lowest BCUT2D eigenvalue weighted by Gasteiger charge is -2.56. The molecule has 166 valence electrons. The van der Waals surface area contributed by atoms with Gasteiger partial charge in [-0.2, -0.15) is 0 Å². The van der Waals surface area contributed by atoms with E-state index in [-0.39, 0.29) is 16.9 Å². The number of hydrogen-bond acceptors (Lipinski definition) is 7. The number of nitrogens with zero attached hydrogens (tertiary/aromatic N) is 1. The minimum atomic E-state index is -0.736. The molecule has 0 unspecified atom stereocenters. The van der Waals surface area contributed by atoms with Crippen molar-refractivity contribution in [1.29, 1.82) is 0 Å². The second kappa shape index (κ2) is 8.16. The van der Waals surface area contributed by atoms with E-state index in [1.807, 2.05) is 0 Å². The third-order valence-electron chi connectivity index (χ3n) is 6.61. The molecule has 1 aromatic rings. The fourth-order valence-corrected chi connectivity index (χ4v) is 5.87. The van der Waals surface area contributed by atoms with Crippen molar-refractivity contribution in [1.82, 2.24) is 10.6 Å². The summed E-state index contributed by atoms with van der Waals surface area (Å²) in [6.45, 7) is -0.611. The molecule has 0 heterocycles. The van der Waals surface area contributed by atoms with Gasteiger partial charge in [0.2, 0.25) is 0 Å². The number of methoxy groups -OCH3 is 1. The number of carbonyl (C=O) groups excluding carboxylic acids is 3. The zero-order valence-corrected chi connectivity index (χ0v) is 17.2. The van der Waals surface area contributed by atoms with Crippen molar-refractivity contribution in [2.24, 2.45) is 17.8 Å². The zero-order chi connectivity index (χ0) is 22.2. The number of nitrogens with one attached hydrogen (secondary N) is 2. The van der Waals surface area contributed by atoms with Crippen LogP contribution in [0.1, 0.15) is 48.9 Å². The Hall–Kier alpha value is -3.17. The molecule has 0 aliphatic heterocycles. The minimum Gasteiger partial charge on any atom is -0.477 e. The first-order valence-corrected chi connectivity index (χ1v) is 10.4. The van der Waals surface area contributed by atoms with Crippen LogP contribution in [0.25, 0.3) is 0 Å². The Morgan fingerprint density at radius 1 is 1.13 bits per heavy atom. The lowest BCUT2D eigenvalue weighted by molar-refractivity contribution is -0.385. The van der Waals surface area contributed by atoms with Gasteiger partial charge in [0, 0.05) is 17.7 Å². The van der Waals surface area contributed by atoms with E-state index in [0.29, 0.717) is 17.8 Å². The van der Waals surface area contributed by atoms with Crippen LogP contribution in [0, 0.1) is 27.9 Å². The van der Waals surface area contributed by atoms with Crippen molar-refractivity contribution in [3.8, 4) is 5.75 Å². The van der Waals surface area contributed by atoms with E-state index in [4.69, 9.17) is 4.74 Å². The number of benzene rings is 1. The number of nitro benzene ring substituents is 1. The first-order valence-electron chi connectivity index (χ1n) is 10.4. The average molecular weight is 431 g/mol. The van der Waals surface area contributed by atoms with Crippen molar-refractivity contribution in [3.05, 3.63) is 33.9 Å². The summed E-state index contributed by atoms with van der Waals surface area (Å²) in [6.07, 6.45) is 6.55. The van der Waals surface area contributed by atoms with Crippen LogP contribution in [-0.2, 0) is 9.53 Å². The summed E-state index contributed by atoms with van der Waals surface area (Å²) in [5.41, 5.74) is -0.602. The molecule has 3 amide bonds. The van der Waals surface area contributed by atoms with Crippen LogP contribution in [-0.4, -0.2) is 42.1 Å². The zero-order valence-electron chi connectivity index (χ0n) is 17.2. The fraction of sp³-hybridized carbons (Fsp3) is 0.571. The smallest absolute Gasteiger partial charge is 0.337 e. The summed E-state index contributed by atoms with van der Waals surface area (Å²) in [7, 11) is 1.18. The number of amides is 3. The van der Waals surface area contributed by atoms with Gasteiger partial charge in [-0.25, -0.2) is 9.59 Å². The first kappa shape index (κ1) is 21.1. The van der Waals surface area contributed by atoms with E-state index < -0.39 is 35.1 Å². The summed E-state index contributed by atoms with van der Waals surface area (Å²) in [6, 6.07) is 2.88. The van der Waals surface area contributed by atoms with Crippen molar-refractivity contribution in [2.45, 2.75) is 44.1 Å². The molecule has 4 bridgehead atoms. The van der Waals surface area contributed by atoms with E-state index >= 15 is 0 Å². The maximum absolute atomic E-state index is 12.4. The Morgan fingerprint density at radius 2 is 1.74 bits per heavy atom. The van der Waals surface area contributed by atoms with Crippen molar-refractivity contribution < 1.29 is 28.8 Å². The normalized spacial score (nSPS) is 28.0. The Bertz CT molecular complexity index is 894. The van der Waals surface area contributed by atoms with Crippen LogP contribution in [0.5, 0.6) is 5.75 Å². The molecule has 0 radical (unpaired) electrons. The fourth-order valence-electron chi connectivity index (χ4n) is 5.87. The molecule has 1 aromatic carbocycles. The maximum atomic E-state index is 12.4. The predicted octanol–water partition coefficient (Wildman–Crippen LogP) is 2.55. The molecular weight excluding hydrogens is 406 g/mol. The first-order chi connectivity index (χ1) is 14.8. The van der Waals surface area contributed by atoms with Crippen LogP contribution in [0.15, 0.2) is 18.2 Å². The van der Waals surface area contributed by atoms with Crippen LogP contribution in [0.4, 0.5) is 10.5 Å². The van der Waals surface area contributed by atoms with Crippen molar-refractivity contribution in [3.63, 3.8) is 0 Å². The molecule has 0 spiro atoms. The Labute approximate surface area is 178 Å². The van der Waals surface area contributed by atoms with Gasteiger partial charge in [0.25, 0.3) is 5.91 Å². The van der Waals surface area contributed by atoms with E-state index in [1.54, 1.807) is 0 Å². The van der Waals surface area contributed by atoms with Gasteiger partial charge in [0.05, 0.1) is 17.6 Å². The van der Waals surface area contributed by atoms with Crippen LogP contribution < -0.4 is 15.4 Å². The average Bonchev–Trinajstić information content (AvgIpc) is 2.69. The molecule has 2 N–H and O–H groups in total. The van der Waals surface area contributed by atoms with Gasteiger partial charge in [-0.05, 0) is 62.3 Å². The second-order valence-electron chi connectivity index (χ2n) is 8.92. The van der Waals surface area contributed by atoms with Gasteiger partial charge in [-0.3, -0.25) is 20.2 Å². The highest BCUT2D eigenvalue weighted by molar-refractivity contribution is 5.95. The molecular formula is C21H25N3O7. The van der Waals surface area contributed by atoms with Gasteiger partial charge in [-0.15, -0.1) is 0 Å². The number of ether oxygens (including phenoxy) is 2. The third kappa shape index (κ3) is 4.47. The predicted molar refractivity (Wildman–Crippen MR) is 108 cm³/mol. The molecule has 0 atom stereocenters. The van der Waals surface area contributed by atoms with E-state index in [9.17, 15) is 24.5 Å². The molecule has 31 heavy (non-hydrogen) atoms. The summed E-state index contributed by atoms with van der Waals surface area (Å²) in [5, 5.41) is 16.5. The molecule has 0 saturated heterocycles. The molecule has 0 aromatic heterocycles. The number of imide groups is 1. The van der Waals surface area contributed by atoms with Gasteiger partial charge < -0.3 is 14.8 Å². The summed E-state index contributed by atoms with van der Waals surface area (Å²) < 4.78 is 9.84. The SMILES string of the molecule is COC(=O)c1ccc([N+](=O)[O-])c(OCC(=O)NC(=O)NC23CC4CC(CC(C4)C2)C3)c1. The highest BCUT2D eigenvalue weighted by atomic mass is 16.6. The number of nitro groups is 1. The van der Waals surface area contributed by atoms with E-state index in [2.05, 4.69) is 15.4 Å². The maximum Gasteiger partial charge on any atom is 0.337 e. The third-order valence-corrected chi connectivity index (χ3v) is 6.61. The second-order valence-corrected chi connectivity index (χ2v) is 8.92. The summed E-state index contributed by atoms with van der Waals surface area (Å²) >= 11 is 0. The van der Waals surface area contributed by atoms with Crippen molar-refractivity contribution >= 4 is 23.6 Å². The molecule has 10 nitrogen and oxygen atoms in total. The van der Waals surface area contributed by atoms with Gasteiger partial charge >= 0.3 is 17.7 Å². The van der Waals surface area contributed by atoms with Gasteiger partial charge in [0.15, 0.2) is 12.4 Å². The number of rotatable bonds is 6. The van der Waals surface area contributed by atoms with Crippen molar-refractivity contribution in [2.75, 3.05) is 13.7 Å². The molecule has 4 aliphatic carbocycles. The van der Waals surface area contributed by atoms with Gasteiger partial charge in [-0.1, -0.05) is 0 Å².